The second kappa shape index (κ2) is 12.4. The van der Waals surface area contributed by atoms with Gasteiger partial charge in [-0.1, -0.05) is 78.9 Å². The number of ether oxygens (including phenoxy) is 2. The molecular weight excluding hydrogens is 516 g/mol. The number of hydrogen-bond donors (Lipinski definition) is 4. The fraction of sp³-hybridized carbons (Fsp3) is 0.412. The summed E-state index contributed by atoms with van der Waals surface area (Å²) in [5, 5.41) is 33.0. The first kappa shape index (κ1) is 28.1. The van der Waals surface area contributed by atoms with Crippen LogP contribution in [0, 0.1) is 5.92 Å². The summed E-state index contributed by atoms with van der Waals surface area (Å²) in [6, 6.07) is 28.5. The first-order valence-corrected chi connectivity index (χ1v) is 14.6. The Bertz CT molecular complexity index is 1360. The van der Waals surface area contributed by atoms with Crippen LogP contribution < -0.4 is 0 Å². The molecule has 2 heterocycles. The number of H-pyrrole nitrogens is 1. The SMILES string of the molecule is OCC(O)CN1CCC2C(O)CC1c1c([nH]c3ccccc13)C2(COCc1ccccc1)COCc1ccccc1. The van der Waals surface area contributed by atoms with Crippen molar-refractivity contribution in [2.24, 2.45) is 5.92 Å². The van der Waals surface area contributed by atoms with Crippen LogP contribution in [0.2, 0.25) is 0 Å². The molecule has 0 amide bonds. The maximum atomic E-state index is 11.8. The first-order chi connectivity index (χ1) is 20.1. The molecule has 4 N–H and O–H groups in total. The molecule has 4 unspecified atom stereocenters. The van der Waals surface area contributed by atoms with Gasteiger partial charge in [-0.3, -0.25) is 4.90 Å². The molecule has 6 rings (SSSR count). The Morgan fingerprint density at radius 2 is 1.49 bits per heavy atom. The molecule has 3 aromatic carbocycles. The van der Waals surface area contributed by atoms with Gasteiger partial charge >= 0.3 is 0 Å². The third kappa shape index (κ3) is 5.71. The normalized spacial score (nSPS) is 22.8. The molecular formula is C34H40N2O5. The first-order valence-electron chi connectivity index (χ1n) is 14.6. The lowest BCUT2D eigenvalue weighted by molar-refractivity contribution is -0.0532. The summed E-state index contributed by atoms with van der Waals surface area (Å²) in [6.45, 7) is 2.48. The number of aliphatic hydroxyl groups excluding tert-OH is 3. The van der Waals surface area contributed by atoms with Gasteiger partial charge in [0.1, 0.15) is 0 Å². The molecule has 0 radical (unpaired) electrons. The largest absolute Gasteiger partial charge is 0.394 e. The minimum atomic E-state index is -0.840. The van der Waals surface area contributed by atoms with Crippen molar-refractivity contribution in [1.29, 1.82) is 0 Å². The van der Waals surface area contributed by atoms with E-state index in [0.29, 0.717) is 52.4 Å². The van der Waals surface area contributed by atoms with Gasteiger partial charge in [-0.15, -0.1) is 0 Å². The van der Waals surface area contributed by atoms with E-state index in [-0.39, 0.29) is 18.6 Å². The van der Waals surface area contributed by atoms with E-state index in [1.807, 2.05) is 48.5 Å². The Morgan fingerprint density at radius 1 is 0.878 bits per heavy atom. The molecule has 1 aliphatic carbocycles. The van der Waals surface area contributed by atoms with Gasteiger partial charge in [-0.2, -0.15) is 0 Å². The van der Waals surface area contributed by atoms with Crippen molar-refractivity contribution in [3.63, 3.8) is 0 Å². The van der Waals surface area contributed by atoms with Crippen LogP contribution in [-0.2, 0) is 28.1 Å². The molecule has 41 heavy (non-hydrogen) atoms. The van der Waals surface area contributed by atoms with Gasteiger partial charge in [-0.25, -0.2) is 0 Å². The van der Waals surface area contributed by atoms with Crippen molar-refractivity contribution < 1.29 is 24.8 Å². The van der Waals surface area contributed by atoms with Crippen LogP contribution in [0.1, 0.15) is 41.3 Å². The predicted molar refractivity (Wildman–Crippen MR) is 158 cm³/mol. The summed E-state index contributed by atoms with van der Waals surface area (Å²) in [5.41, 5.74) is 4.81. The molecule has 4 atom stereocenters. The lowest BCUT2D eigenvalue weighted by Crippen LogP contribution is -2.50. The highest BCUT2D eigenvalue weighted by Gasteiger charge is 2.53. The van der Waals surface area contributed by atoms with Crippen LogP contribution in [0.15, 0.2) is 84.9 Å². The molecule has 1 saturated heterocycles. The zero-order chi connectivity index (χ0) is 28.2. The number of benzene rings is 3. The Balaban J connectivity index is 1.43. The molecule has 0 spiro atoms. The van der Waals surface area contributed by atoms with Crippen LogP contribution in [0.3, 0.4) is 0 Å². The second-order valence-corrected chi connectivity index (χ2v) is 11.6. The zero-order valence-corrected chi connectivity index (χ0v) is 23.4. The van der Waals surface area contributed by atoms with Crippen molar-refractivity contribution in [3.8, 4) is 0 Å². The fourth-order valence-corrected chi connectivity index (χ4v) is 7.03. The lowest BCUT2D eigenvalue weighted by atomic mass is 9.69. The molecule has 4 aromatic rings. The van der Waals surface area contributed by atoms with Gasteiger partial charge < -0.3 is 29.8 Å². The maximum Gasteiger partial charge on any atom is 0.0897 e. The van der Waals surface area contributed by atoms with E-state index in [4.69, 9.17) is 9.47 Å². The molecule has 1 aromatic heterocycles. The zero-order valence-electron chi connectivity index (χ0n) is 23.4. The second-order valence-electron chi connectivity index (χ2n) is 11.6. The molecule has 2 bridgehead atoms. The summed E-state index contributed by atoms with van der Waals surface area (Å²) in [6.07, 6.45) is -0.172. The van der Waals surface area contributed by atoms with E-state index in [1.54, 1.807) is 0 Å². The average Bonchev–Trinajstić information content (AvgIpc) is 3.27. The van der Waals surface area contributed by atoms with Crippen molar-refractivity contribution >= 4 is 10.9 Å². The van der Waals surface area contributed by atoms with Crippen LogP contribution in [-0.4, -0.2) is 70.3 Å². The van der Waals surface area contributed by atoms with Crippen molar-refractivity contribution in [2.45, 2.75) is 49.7 Å². The van der Waals surface area contributed by atoms with Gasteiger partial charge in [-0.05, 0) is 42.1 Å². The van der Waals surface area contributed by atoms with E-state index in [1.165, 1.54) is 0 Å². The molecule has 7 heteroatoms. The smallest absolute Gasteiger partial charge is 0.0897 e. The van der Waals surface area contributed by atoms with Gasteiger partial charge in [0.05, 0.1) is 50.7 Å². The Hall–Kier alpha value is -3.04. The molecule has 0 saturated carbocycles. The maximum absolute atomic E-state index is 11.8. The number of hydrogen-bond acceptors (Lipinski definition) is 6. The highest BCUT2D eigenvalue weighted by molar-refractivity contribution is 5.86. The van der Waals surface area contributed by atoms with Gasteiger partial charge in [0.25, 0.3) is 0 Å². The van der Waals surface area contributed by atoms with Gasteiger partial charge in [0, 0.05) is 35.1 Å². The number of para-hydroxylation sites is 1. The number of fused-ring (bicyclic) bond motifs is 7. The van der Waals surface area contributed by atoms with Crippen LogP contribution >= 0.6 is 0 Å². The molecule has 2 aliphatic rings. The average molecular weight is 557 g/mol. The van der Waals surface area contributed by atoms with E-state index in [2.05, 4.69) is 46.3 Å². The Labute approximate surface area is 241 Å². The Kier molecular flexibility index (Phi) is 8.53. The summed E-state index contributed by atoms with van der Waals surface area (Å²) in [4.78, 5) is 6.01. The minimum absolute atomic E-state index is 0.118. The number of aromatic nitrogens is 1. The summed E-state index contributed by atoms with van der Waals surface area (Å²) in [7, 11) is 0. The fourth-order valence-electron chi connectivity index (χ4n) is 7.03. The van der Waals surface area contributed by atoms with Crippen molar-refractivity contribution in [1.82, 2.24) is 9.88 Å². The summed E-state index contributed by atoms with van der Waals surface area (Å²) < 4.78 is 13.0. The third-order valence-electron chi connectivity index (χ3n) is 8.98. The van der Waals surface area contributed by atoms with Crippen LogP contribution in [0.4, 0.5) is 0 Å². The minimum Gasteiger partial charge on any atom is -0.394 e. The number of likely N-dealkylation sites (tertiary alicyclic amines) is 1. The number of nitrogens with zero attached hydrogens (tertiary/aromatic N) is 1. The molecule has 7 nitrogen and oxygen atoms in total. The predicted octanol–water partition coefficient (Wildman–Crippen LogP) is 4.32. The topological polar surface area (TPSA) is 98.2 Å². The van der Waals surface area contributed by atoms with Gasteiger partial charge in [0.15, 0.2) is 0 Å². The molecule has 1 fully saturated rings. The van der Waals surface area contributed by atoms with E-state index < -0.39 is 17.6 Å². The van der Waals surface area contributed by atoms with E-state index in [9.17, 15) is 15.3 Å². The quantitative estimate of drug-likeness (QED) is 0.220. The number of aromatic amines is 1. The Morgan fingerprint density at radius 3 is 2.12 bits per heavy atom. The molecule has 1 aliphatic heterocycles. The number of aliphatic hydroxyl groups is 3. The van der Waals surface area contributed by atoms with E-state index in [0.717, 1.165) is 33.3 Å². The number of β-amino-alcohol motifs (C(OH)–C–C–N with tert-alkyl or cyclic N) is 1. The summed E-state index contributed by atoms with van der Waals surface area (Å²) in [5.74, 6) is -0.137. The van der Waals surface area contributed by atoms with Crippen LogP contribution in [0.5, 0.6) is 0 Å². The third-order valence-corrected chi connectivity index (χ3v) is 8.98. The van der Waals surface area contributed by atoms with E-state index >= 15 is 0 Å². The number of rotatable bonds is 11. The monoisotopic (exact) mass is 556 g/mol. The summed E-state index contributed by atoms with van der Waals surface area (Å²) >= 11 is 0. The van der Waals surface area contributed by atoms with Gasteiger partial charge in [0.2, 0.25) is 0 Å². The lowest BCUT2D eigenvalue weighted by Gasteiger charge is -2.43. The molecule has 216 valence electrons. The highest BCUT2D eigenvalue weighted by Crippen LogP contribution is 2.51. The van der Waals surface area contributed by atoms with Crippen molar-refractivity contribution in [3.05, 3.63) is 107 Å². The van der Waals surface area contributed by atoms with Crippen molar-refractivity contribution in [2.75, 3.05) is 32.9 Å². The highest BCUT2D eigenvalue weighted by atomic mass is 16.5. The standard InChI is InChI=1S/C34H40N2O5/c37-19-26(38)18-36-16-15-28-31(39)17-30(36)32-27-13-7-8-14-29(27)35-33(32)34(28,22-40-20-24-9-3-1-4-10-24)23-41-21-25-11-5-2-6-12-25/h1-14,26,28,30-31,35,37-39H,15-23H2. The number of nitrogens with one attached hydrogen (secondary N) is 1. The van der Waals surface area contributed by atoms with Crippen LogP contribution in [0.25, 0.3) is 10.9 Å².